The van der Waals surface area contributed by atoms with E-state index in [4.69, 9.17) is 23.2 Å². The Labute approximate surface area is 196 Å². The highest BCUT2D eigenvalue weighted by atomic mass is 35.5. The van der Waals surface area contributed by atoms with Crippen LogP contribution in [0.2, 0.25) is 10.0 Å². The number of piperidine rings is 1. The molecule has 2 N–H and O–H groups in total. The molecule has 0 radical (unpaired) electrons. The van der Waals surface area contributed by atoms with Gasteiger partial charge < -0.3 is 10.2 Å². The van der Waals surface area contributed by atoms with E-state index in [-0.39, 0.29) is 17.7 Å². The zero-order valence-electron chi connectivity index (χ0n) is 17.9. The summed E-state index contributed by atoms with van der Waals surface area (Å²) in [5.41, 5.74) is 1.54. The first-order valence-corrected chi connectivity index (χ1v) is 11.9. The zero-order chi connectivity index (χ0) is 22.2. The number of halogens is 2. The molecule has 3 aromatic rings. The summed E-state index contributed by atoms with van der Waals surface area (Å²) in [6, 6.07) is 5.15. The third-order valence-electron chi connectivity index (χ3n) is 6.73. The number of anilines is 2. The van der Waals surface area contributed by atoms with Crippen LogP contribution in [0.4, 0.5) is 11.5 Å². The molecule has 1 aliphatic heterocycles. The Morgan fingerprint density at radius 1 is 1.22 bits per heavy atom. The number of hydrogen-bond donors (Lipinski definition) is 2. The molecule has 9 heteroatoms. The second kappa shape index (κ2) is 8.87. The van der Waals surface area contributed by atoms with Gasteiger partial charge in [-0.15, -0.1) is 0 Å². The number of rotatable bonds is 7. The van der Waals surface area contributed by atoms with Gasteiger partial charge in [-0.2, -0.15) is 5.10 Å². The number of nitrogens with one attached hydrogen (secondary N) is 2. The Morgan fingerprint density at radius 2 is 2.00 bits per heavy atom. The fraction of sp³-hybridized carbons (Fsp3) is 0.478. The number of hydrogen-bond acceptors (Lipinski definition) is 6. The minimum absolute atomic E-state index is 0.202. The van der Waals surface area contributed by atoms with Gasteiger partial charge >= 0.3 is 0 Å². The molecule has 0 spiro atoms. The summed E-state index contributed by atoms with van der Waals surface area (Å²) >= 11 is 12.3. The number of carbonyl (C=O) groups excluding carboxylic acids is 1. The van der Waals surface area contributed by atoms with Crippen LogP contribution in [0.25, 0.3) is 11.0 Å². The lowest BCUT2D eigenvalue weighted by Gasteiger charge is -2.38. The Bertz CT molecular complexity index is 1110. The van der Waals surface area contributed by atoms with Gasteiger partial charge in [0.15, 0.2) is 11.4 Å². The lowest BCUT2D eigenvalue weighted by molar-refractivity contribution is -0.121. The number of nitrogens with zero attached hydrogens (tertiary/aromatic N) is 4. The predicted octanol–water partition coefficient (Wildman–Crippen LogP) is 4.97. The van der Waals surface area contributed by atoms with Crippen molar-refractivity contribution in [3.63, 3.8) is 0 Å². The maximum absolute atomic E-state index is 13.4. The standard InChI is InChI=1S/C23H26Cl2N6O/c1-13-4-5-31(23-19-10-28-30-22(19)26-12-27-23)11-15(13)6-20(32)21(14-2-3-14)29-18-8-16(24)7-17(25)9-18/h7-10,12-15,21,29H,2-6,11H2,1H3,(H,26,27,28,30)/t13-,15-,21+/m0/s1. The molecular formula is C23H26Cl2N6O. The van der Waals surface area contributed by atoms with Gasteiger partial charge in [0.25, 0.3) is 0 Å². The van der Waals surface area contributed by atoms with Gasteiger partial charge in [-0.05, 0) is 55.2 Å². The van der Waals surface area contributed by atoms with Crippen molar-refractivity contribution in [3.05, 3.63) is 40.8 Å². The highest BCUT2D eigenvalue weighted by Crippen LogP contribution is 2.38. The van der Waals surface area contributed by atoms with E-state index in [1.165, 1.54) is 0 Å². The number of ketones is 1. The van der Waals surface area contributed by atoms with Gasteiger partial charge in [-0.1, -0.05) is 30.1 Å². The number of aromatic amines is 1. The van der Waals surface area contributed by atoms with Crippen LogP contribution >= 0.6 is 23.2 Å². The molecule has 2 aromatic heterocycles. The third kappa shape index (κ3) is 4.55. The summed E-state index contributed by atoms with van der Waals surface area (Å²) in [6.07, 6.45) is 7.04. The first kappa shape index (κ1) is 21.5. The van der Waals surface area contributed by atoms with E-state index in [0.29, 0.717) is 28.3 Å². The summed E-state index contributed by atoms with van der Waals surface area (Å²) in [7, 11) is 0. The average Bonchev–Trinajstić information content (AvgIpc) is 3.48. The molecule has 3 atom stereocenters. The second-order valence-corrected chi connectivity index (χ2v) is 9.96. The smallest absolute Gasteiger partial charge is 0.160 e. The molecule has 2 fully saturated rings. The van der Waals surface area contributed by atoms with Gasteiger partial charge in [-0.25, -0.2) is 9.97 Å². The molecule has 2 aliphatic rings. The minimum atomic E-state index is -0.202. The van der Waals surface area contributed by atoms with Crippen molar-refractivity contribution in [3.8, 4) is 0 Å². The van der Waals surface area contributed by atoms with E-state index < -0.39 is 0 Å². The molecule has 0 unspecified atom stereocenters. The molecule has 32 heavy (non-hydrogen) atoms. The number of fused-ring (bicyclic) bond motifs is 1. The molecule has 0 amide bonds. The molecule has 3 heterocycles. The first-order chi connectivity index (χ1) is 15.5. The number of benzene rings is 1. The Balaban J connectivity index is 1.31. The Hall–Kier alpha value is -2.38. The fourth-order valence-electron chi connectivity index (χ4n) is 4.70. The van der Waals surface area contributed by atoms with Crippen molar-refractivity contribution in [1.82, 2.24) is 20.2 Å². The number of Topliss-reactive ketones (excluding diaryl/α,β-unsaturated/α-hetero) is 1. The largest absolute Gasteiger partial charge is 0.375 e. The molecule has 1 aliphatic carbocycles. The molecule has 7 nitrogen and oxygen atoms in total. The highest BCUT2D eigenvalue weighted by molar-refractivity contribution is 6.35. The van der Waals surface area contributed by atoms with Crippen LogP contribution in [0.3, 0.4) is 0 Å². The van der Waals surface area contributed by atoms with E-state index in [0.717, 1.165) is 54.9 Å². The summed E-state index contributed by atoms with van der Waals surface area (Å²) < 4.78 is 0. The van der Waals surface area contributed by atoms with Gasteiger partial charge in [0.1, 0.15) is 12.1 Å². The van der Waals surface area contributed by atoms with E-state index in [9.17, 15) is 4.79 Å². The Kier molecular flexibility index (Phi) is 5.95. The molecule has 0 bridgehead atoms. The van der Waals surface area contributed by atoms with Crippen LogP contribution in [0.15, 0.2) is 30.7 Å². The molecule has 1 saturated heterocycles. The van der Waals surface area contributed by atoms with Gasteiger partial charge in [0.2, 0.25) is 0 Å². The molecule has 5 rings (SSSR count). The van der Waals surface area contributed by atoms with Crippen molar-refractivity contribution >= 4 is 51.5 Å². The predicted molar refractivity (Wildman–Crippen MR) is 127 cm³/mol. The lowest BCUT2D eigenvalue weighted by Crippen LogP contribution is -2.43. The third-order valence-corrected chi connectivity index (χ3v) is 7.17. The monoisotopic (exact) mass is 472 g/mol. The van der Waals surface area contributed by atoms with Crippen LogP contribution in [0, 0.1) is 17.8 Å². The summed E-state index contributed by atoms with van der Waals surface area (Å²) in [6.45, 7) is 3.96. The fourth-order valence-corrected chi connectivity index (χ4v) is 5.23. The minimum Gasteiger partial charge on any atom is -0.375 e. The normalized spacial score (nSPS) is 22.2. The van der Waals surface area contributed by atoms with E-state index >= 15 is 0 Å². The van der Waals surface area contributed by atoms with Gasteiger partial charge in [0, 0.05) is 35.2 Å². The highest BCUT2D eigenvalue weighted by Gasteiger charge is 2.38. The lowest BCUT2D eigenvalue weighted by atomic mass is 9.82. The van der Waals surface area contributed by atoms with Crippen LogP contribution in [0.5, 0.6) is 0 Å². The van der Waals surface area contributed by atoms with Crippen molar-refractivity contribution in [2.45, 2.75) is 38.6 Å². The average molecular weight is 473 g/mol. The Morgan fingerprint density at radius 3 is 2.75 bits per heavy atom. The SMILES string of the molecule is C[C@H]1CCN(c2ncnc3[nH]ncc23)C[C@@H]1CC(=O)[C@H](Nc1cc(Cl)cc(Cl)c1)C1CC1. The number of carbonyl (C=O) groups is 1. The van der Waals surface area contributed by atoms with Gasteiger partial charge in [0.05, 0.1) is 17.6 Å². The van der Waals surface area contributed by atoms with E-state index in [1.54, 1.807) is 18.6 Å². The topological polar surface area (TPSA) is 86.8 Å². The molecule has 1 saturated carbocycles. The van der Waals surface area contributed by atoms with Crippen LogP contribution in [0.1, 0.15) is 32.6 Å². The van der Waals surface area contributed by atoms with Gasteiger partial charge in [-0.3, -0.25) is 9.89 Å². The van der Waals surface area contributed by atoms with Crippen LogP contribution < -0.4 is 10.2 Å². The van der Waals surface area contributed by atoms with Crippen LogP contribution in [-0.2, 0) is 4.79 Å². The van der Waals surface area contributed by atoms with Crippen LogP contribution in [-0.4, -0.2) is 45.1 Å². The van der Waals surface area contributed by atoms with Crippen molar-refractivity contribution < 1.29 is 4.79 Å². The maximum Gasteiger partial charge on any atom is 0.160 e. The van der Waals surface area contributed by atoms with Crippen molar-refractivity contribution in [2.24, 2.45) is 17.8 Å². The summed E-state index contributed by atoms with van der Waals surface area (Å²) in [5.74, 6) is 2.26. The maximum atomic E-state index is 13.4. The zero-order valence-corrected chi connectivity index (χ0v) is 19.4. The molecule has 168 valence electrons. The quantitative estimate of drug-likeness (QED) is 0.504. The first-order valence-electron chi connectivity index (χ1n) is 11.1. The number of aromatic nitrogens is 4. The van der Waals surface area contributed by atoms with E-state index in [2.05, 4.69) is 37.3 Å². The van der Waals surface area contributed by atoms with E-state index in [1.807, 2.05) is 12.1 Å². The summed E-state index contributed by atoms with van der Waals surface area (Å²) in [5, 5.41) is 12.5. The molecule has 1 aromatic carbocycles. The van der Waals surface area contributed by atoms with Crippen molar-refractivity contribution in [2.75, 3.05) is 23.3 Å². The molecular weight excluding hydrogens is 447 g/mol. The number of H-pyrrole nitrogens is 1. The summed E-state index contributed by atoms with van der Waals surface area (Å²) in [4.78, 5) is 24.5. The van der Waals surface area contributed by atoms with Crippen molar-refractivity contribution in [1.29, 1.82) is 0 Å². The second-order valence-electron chi connectivity index (χ2n) is 9.09.